The highest BCUT2D eigenvalue weighted by molar-refractivity contribution is 9.10. The van der Waals surface area contributed by atoms with Crippen molar-refractivity contribution in [3.63, 3.8) is 0 Å². The summed E-state index contributed by atoms with van der Waals surface area (Å²) in [6.45, 7) is 6.21. The predicted octanol–water partition coefficient (Wildman–Crippen LogP) is 2.93. The second-order valence-corrected chi connectivity index (χ2v) is 5.69. The van der Waals surface area contributed by atoms with E-state index < -0.39 is 6.10 Å². The van der Waals surface area contributed by atoms with Gasteiger partial charge in [-0.25, -0.2) is 0 Å². The number of benzene rings is 1. The molecule has 0 aromatic heterocycles. The van der Waals surface area contributed by atoms with Crippen LogP contribution in [0, 0.1) is 6.92 Å². The Morgan fingerprint density at radius 3 is 2.80 bits per heavy atom. The largest absolute Gasteiger partial charge is 0.480 e. The number of carbonyl (C=O) groups excluding carboxylic acids is 1. The van der Waals surface area contributed by atoms with E-state index in [9.17, 15) is 9.90 Å². The van der Waals surface area contributed by atoms with Gasteiger partial charge in [-0.05, 0) is 38.0 Å². The monoisotopic (exact) mass is 343 g/mol. The van der Waals surface area contributed by atoms with Crippen LogP contribution in [0.3, 0.4) is 0 Å². The number of aliphatic hydroxyl groups excluding tert-OH is 1. The molecule has 5 heteroatoms. The van der Waals surface area contributed by atoms with Crippen molar-refractivity contribution in [2.75, 3.05) is 6.54 Å². The number of nitrogens with one attached hydrogen (secondary N) is 1. The van der Waals surface area contributed by atoms with Gasteiger partial charge in [-0.2, -0.15) is 0 Å². The van der Waals surface area contributed by atoms with Crippen molar-refractivity contribution in [1.82, 2.24) is 5.32 Å². The SMILES string of the molecule is CCCCNC(=O)C(C)Oc1c(C)cc(Br)cc1CO. The summed E-state index contributed by atoms with van der Waals surface area (Å²) in [4.78, 5) is 11.9. The number of halogens is 1. The highest BCUT2D eigenvalue weighted by Gasteiger charge is 2.17. The van der Waals surface area contributed by atoms with E-state index in [-0.39, 0.29) is 12.5 Å². The molecule has 2 N–H and O–H groups in total. The van der Waals surface area contributed by atoms with Crippen LogP contribution in [0.25, 0.3) is 0 Å². The van der Waals surface area contributed by atoms with Gasteiger partial charge in [-0.1, -0.05) is 29.3 Å². The van der Waals surface area contributed by atoms with Crippen LogP contribution < -0.4 is 10.1 Å². The number of hydrogen-bond donors (Lipinski definition) is 2. The zero-order chi connectivity index (χ0) is 15.1. The topological polar surface area (TPSA) is 58.6 Å². The van der Waals surface area contributed by atoms with E-state index in [4.69, 9.17) is 4.74 Å². The molecule has 0 aliphatic rings. The molecule has 1 atom stereocenters. The highest BCUT2D eigenvalue weighted by atomic mass is 79.9. The van der Waals surface area contributed by atoms with Crippen LogP contribution in [-0.4, -0.2) is 23.7 Å². The van der Waals surface area contributed by atoms with E-state index in [0.717, 1.165) is 22.9 Å². The molecule has 0 radical (unpaired) electrons. The molecular weight excluding hydrogens is 322 g/mol. The number of unbranched alkanes of at least 4 members (excludes halogenated alkanes) is 1. The van der Waals surface area contributed by atoms with Gasteiger partial charge >= 0.3 is 0 Å². The van der Waals surface area contributed by atoms with E-state index in [0.29, 0.717) is 17.9 Å². The molecule has 1 rings (SSSR count). The first-order chi connectivity index (χ1) is 9.49. The first kappa shape index (κ1) is 17.0. The second kappa shape index (κ2) is 8.27. The van der Waals surface area contributed by atoms with Crippen molar-refractivity contribution in [3.8, 4) is 5.75 Å². The number of ether oxygens (including phenoxy) is 1. The summed E-state index contributed by atoms with van der Waals surface area (Å²) in [6.07, 6.45) is 1.41. The van der Waals surface area contributed by atoms with Gasteiger partial charge in [-0.3, -0.25) is 4.79 Å². The molecule has 20 heavy (non-hydrogen) atoms. The van der Waals surface area contributed by atoms with Gasteiger partial charge in [-0.15, -0.1) is 0 Å². The Morgan fingerprint density at radius 2 is 2.20 bits per heavy atom. The van der Waals surface area contributed by atoms with Crippen molar-refractivity contribution in [2.24, 2.45) is 0 Å². The number of amides is 1. The molecule has 0 saturated carbocycles. The number of aryl methyl sites for hydroxylation is 1. The third kappa shape index (κ3) is 4.80. The minimum absolute atomic E-state index is 0.125. The van der Waals surface area contributed by atoms with Crippen LogP contribution in [0.5, 0.6) is 5.75 Å². The molecule has 1 unspecified atom stereocenters. The average molecular weight is 344 g/mol. The van der Waals surface area contributed by atoms with Crippen molar-refractivity contribution >= 4 is 21.8 Å². The van der Waals surface area contributed by atoms with Crippen LogP contribution in [-0.2, 0) is 11.4 Å². The van der Waals surface area contributed by atoms with Crippen molar-refractivity contribution in [3.05, 3.63) is 27.7 Å². The van der Waals surface area contributed by atoms with Gasteiger partial charge in [0, 0.05) is 16.6 Å². The fourth-order valence-electron chi connectivity index (χ4n) is 1.85. The first-order valence-corrected chi connectivity index (χ1v) is 7.63. The second-order valence-electron chi connectivity index (χ2n) is 4.77. The summed E-state index contributed by atoms with van der Waals surface area (Å²) in [6, 6.07) is 3.69. The molecule has 0 bridgehead atoms. The fourth-order valence-corrected chi connectivity index (χ4v) is 2.47. The van der Waals surface area contributed by atoms with Gasteiger partial charge in [0.05, 0.1) is 6.61 Å². The predicted molar refractivity (Wildman–Crippen MR) is 82.8 cm³/mol. The lowest BCUT2D eigenvalue weighted by Gasteiger charge is -2.19. The Bertz CT molecular complexity index is 463. The normalized spacial score (nSPS) is 12.1. The van der Waals surface area contributed by atoms with Crippen LogP contribution in [0.15, 0.2) is 16.6 Å². The van der Waals surface area contributed by atoms with Crippen molar-refractivity contribution in [2.45, 2.75) is 46.3 Å². The molecule has 0 spiro atoms. The smallest absolute Gasteiger partial charge is 0.260 e. The molecule has 112 valence electrons. The van der Waals surface area contributed by atoms with Crippen LogP contribution in [0.2, 0.25) is 0 Å². The summed E-state index contributed by atoms with van der Waals surface area (Å²) in [5.74, 6) is 0.443. The third-order valence-corrected chi connectivity index (χ3v) is 3.44. The van der Waals surface area contributed by atoms with E-state index >= 15 is 0 Å². The molecule has 4 nitrogen and oxygen atoms in total. The fraction of sp³-hybridized carbons (Fsp3) is 0.533. The minimum Gasteiger partial charge on any atom is -0.480 e. The number of aliphatic hydroxyl groups is 1. The van der Waals surface area contributed by atoms with Crippen LogP contribution >= 0.6 is 15.9 Å². The van der Waals surface area contributed by atoms with Crippen molar-refractivity contribution in [1.29, 1.82) is 0 Å². The van der Waals surface area contributed by atoms with Crippen LogP contribution in [0.1, 0.15) is 37.8 Å². The van der Waals surface area contributed by atoms with E-state index in [1.165, 1.54) is 0 Å². The minimum atomic E-state index is -0.586. The summed E-state index contributed by atoms with van der Waals surface area (Å²) < 4.78 is 6.60. The van der Waals surface area contributed by atoms with Gasteiger partial charge in [0.15, 0.2) is 6.10 Å². The van der Waals surface area contributed by atoms with Gasteiger partial charge in [0.2, 0.25) is 0 Å². The summed E-state index contributed by atoms with van der Waals surface area (Å²) in [7, 11) is 0. The Kier molecular flexibility index (Phi) is 7.02. The maximum Gasteiger partial charge on any atom is 0.260 e. The highest BCUT2D eigenvalue weighted by Crippen LogP contribution is 2.29. The van der Waals surface area contributed by atoms with E-state index in [1.54, 1.807) is 13.0 Å². The molecule has 0 fully saturated rings. The Hall–Kier alpha value is -1.07. The van der Waals surface area contributed by atoms with E-state index in [1.807, 2.05) is 13.0 Å². The standard InChI is InChI=1S/C15H22BrNO3/c1-4-5-6-17-15(19)11(3)20-14-10(2)7-13(16)8-12(14)9-18/h7-8,11,18H,4-6,9H2,1-3H3,(H,17,19). The zero-order valence-corrected chi connectivity index (χ0v) is 13.8. The Balaban J connectivity index is 2.74. The Labute approximate surface area is 128 Å². The average Bonchev–Trinajstić information content (AvgIpc) is 2.41. The van der Waals surface area contributed by atoms with Crippen LogP contribution in [0.4, 0.5) is 0 Å². The molecule has 1 aromatic carbocycles. The summed E-state index contributed by atoms with van der Waals surface area (Å²) >= 11 is 3.38. The summed E-state index contributed by atoms with van der Waals surface area (Å²) in [5.41, 5.74) is 1.56. The number of hydrogen-bond acceptors (Lipinski definition) is 3. The quantitative estimate of drug-likeness (QED) is 0.748. The first-order valence-electron chi connectivity index (χ1n) is 6.83. The number of carbonyl (C=O) groups is 1. The third-order valence-electron chi connectivity index (χ3n) is 2.98. The van der Waals surface area contributed by atoms with E-state index in [2.05, 4.69) is 28.2 Å². The zero-order valence-electron chi connectivity index (χ0n) is 12.2. The maximum atomic E-state index is 11.9. The lowest BCUT2D eigenvalue weighted by Crippen LogP contribution is -2.37. The molecular formula is C15H22BrNO3. The molecule has 0 aliphatic heterocycles. The van der Waals surface area contributed by atoms with Gasteiger partial charge < -0.3 is 15.2 Å². The maximum absolute atomic E-state index is 11.9. The van der Waals surface area contributed by atoms with Gasteiger partial charge in [0.1, 0.15) is 5.75 Å². The lowest BCUT2D eigenvalue weighted by atomic mass is 10.1. The molecule has 0 saturated heterocycles. The molecule has 1 aromatic rings. The molecule has 1 amide bonds. The van der Waals surface area contributed by atoms with Crippen molar-refractivity contribution < 1.29 is 14.6 Å². The number of rotatable bonds is 7. The summed E-state index contributed by atoms with van der Waals surface area (Å²) in [5, 5.41) is 12.2. The molecule has 0 aliphatic carbocycles. The lowest BCUT2D eigenvalue weighted by molar-refractivity contribution is -0.127. The van der Waals surface area contributed by atoms with Gasteiger partial charge in [0.25, 0.3) is 5.91 Å². The Morgan fingerprint density at radius 1 is 1.50 bits per heavy atom. The molecule has 0 heterocycles.